The molecule has 0 aliphatic heterocycles. The molecule has 0 radical (unpaired) electrons. The van der Waals surface area contributed by atoms with Gasteiger partial charge in [-0.25, -0.2) is 0 Å². The third-order valence-corrected chi connectivity index (χ3v) is 7.30. The summed E-state index contributed by atoms with van der Waals surface area (Å²) in [7, 11) is 0. The number of amides is 1. The molecule has 1 amide bonds. The first-order valence-electron chi connectivity index (χ1n) is 9.96. The van der Waals surface area contributed by atoms with E-state index < -0.39 is 0 Å². The SMILES string of the molecule is CCc1nnc(NC(=O)C(CC)Sc2nnc3cc(C)c4cc(C)cc(C)c4n23)s1. The summed E-state index contributed by atoms with van der Waals surface area (Å²) in [5.41, 5.74) is 5.44. The number of nitrogens with zero attached hydrogens (tertiary/aromatic N) is 5. The number of nitrogens with one attached hydrogen (secondary N) is 1. The van der Waals surface area contributed by atoms with Crippen LogP contribution in [0.15, 0.2) is 23.4 Å². The van der Waals surface area contributed by atoms with Crippen LogP contribution in [0, 0.1) is 20.8 Å². The van der Waals surface area contributed by atoms with Gasteiger partial charge in [0.15, 0.2) is 10.8 Å². The molecule has 1 aromatic carbocycles. The third kappa shape index (κ3) is 3.79. The van der Waals surface area contributed by atoms with Crippen LogP contribution in [0.3, 0.4) is 0 Å². The molecule has 0 saturated heterocycles. The first kappa shape index (κ1) is 20.7. The standard InChI is InChI=1S/C21H24N6OS2/c1-6-15(19(28)22-20-25-24-17(7-2)30-20)29-21-26-23-16-10-12(4)14-9-11(3)8-13(5)18(14)27(16)21/h8-10,15H,6-7H2,1-5H3,(H,22,25,28). The van der Waals surface area contributed by atoms with Gasteiger partial charge >= 0.3 is 0 Å². The van der Waals surface area contributed by atoms with Gasteiger partial charge < -0.3 is 0 Å². The first-order valence-corrected chi connectivity index (χ1v) is 11.7. The van der Waals surface area contributed by atoms with Crippen LogP contribution < -0.4 is 5.32 Å². The summed E-state index contributed by atoms with van der Waals surface area (Å²) >= 11 is 2.84. The van der Waals surface area contributed by atoms with E-state index in [9.17, 15) is 4.79 Å². The molecule has 0 aliphatic carbocycles. The second-order valence-electron chi connectivity index (χ2n) is 7.34. The van der Waals surface area contributed by atoms with Gasteiger partial charge in [-0.05, 0) is 56.9 Å². The van der Waals surface area contributed by atoms with Crippen molar-refractivity contribution in [2.24, 2.45) is 0 Å². The molecule has 1 unspecified atom stereocenters. The summed E-state index contributed by atoms with van der Waals surface area (Å²) < 4.78 is 2.07. The number of hydrogen-bond donors (Lipinski definition) is 1. The van der Waals surface area contributed by atoms with Gasteiger partial charge in [0.25, 0.3) is 0 Å². The molecule has 156 valence electrons. The Morgan fingerprint density at radius 3 is 2.60 bits per heavy atom. The average Bonchev–Trinajstić information content (AvgIpc) is 3.32. The van der Waals surface area contributed by atoms with Crippen LogP contribution >= 0.6 is 23.1 Å². The molecule has 0 bridgehead atoms. The van der Waals surface area contributed by atoms with E-state index in [4.69, 9.17) is 0 Å². The van der Waals surface area contributed by atoms with E-state index in [0.717, 1.165) is 27.7 Å². The van der Waals surface area contributed by atoms with E-state index in [1.807, 2.05) is 19.9 Å². The third-order valence-electron chi connectivity index (χ3n) is 5.01. The van der Waals surface area contributed by atoms with Gasteiger partial charge in [0.05, 0.1) is 10.8 Å². The van der Waals surface area contributed by atoms with Crippen molar-refractivity contribution in [1.82, 2.24) is 24.8 Å². The van der Waals surface area contributed by atoms with Crippen molar-refractivity contribution in [2.75, 3.05) is 5.32 Å². The fourth-order valence-electron chi connectivity index (χ4n) is 3.57. The molecular formula is C21H24N6OS2. The van der Waals surface area contributed by atoms with Crippen molar-refractivity contribution >= 4 is 50.7 Å². The highest BCUT2D eigenvalue weighted by Crippen LogP contribution is 2.32. The number of thioether (sulfide) groups is 1. The molecule has 0 aliphatic rings. The van der Waals surface area contributed by atoms with E-state index in [1.165, 1.54) is 45.2 Å². The van der Waals surface area contributed by atoms with Gasteiger partial charge in [0.2, 0.25) is 11.0 Å². The topological polar surface area (TPSA) is 85.1 Å². The van der Waals surface area contributed by atoms with Gasteiger partial charge in [-0.1, -0.05) is 48.6 Å². The van der Waals surface area contributed by atoms with E-state index in [1.54, 1.807) is 0 Å². The molecule has 30 heavy (non-hydrogen) atoms. The van der Waals surface area contributed by atoms with Gasteiger partial charge in [-0.2, -0.15) is 0 Å². The Morgan fingerprint density at radius 2 is 1.90 bits per heavy atom. The molecule has 1 atom stereocenters. The molecule has 7 nitrogen and oxygen atoms in total. The Bertz CT molecular complexity index is 1250. The van der Waals surface area contributed by atoms with E-state index >= 15 is 0 Å². The highest BCUT2D eigenvalue weighted by Gasteiger charge is 2.23. The van der Waals surface area contributed by atoms with Crippen molar-refractivity contribution in [3.63, 3.8) is 0 Å². The number of aryl methyl sites for hydroxylation is 4. The summed E-state index contributed by atoms with van der Waals surface area (Å²) in [4.78, 5) is 12.9. The summed E-state index contributed by atoms with van der Waals surface area (Å²) in [6.07, 6.45) is 1.46. The summed E-state index contributed by atoms with van der Waals surface area (Å²) in [6.45, 7) is 10.3. The van der Waals surface area contributed by atoms with Gasteiger partial charge in [-0.3, -0.25) is 14.5 Å². The van der Waals surface area contributed by atoms with Gasteiger partial charge in [0, 0.05) is 5.39 Å². The minimum absolute atomic E-state index is 0.0953. The first-order chi connectivity index (χ1) is 14.4. The molecule has 9 heteroatoms. The lowest BCUT2D eigenvalue weighted by Crippen LogP contribution is -2.24. The van der Waals surface area contributed by atoms with Crippen molar-refractivity contribution in [2.45, 2.75) is 57.9 Å². The molecule has 1 N–H and O–H groups in total. The van der Waals surface area contributed by atoms with Gasteiger partial charge in [-0.15, -0.1) is 20.4 Å². The second kappa shape index (κ2) is 8.31. The smallest absolute Gasteiger partial charge is 0.239 e. The van der Waals surface area contributed by atoms with Crippen molar-refractivity contribution in [1.29, 1.82) is 0 Å². The number of pyridine rings is 1. The Hall–Kier alpha value is -2.52. The fraction of sp³-hybridized carbons (Fsp3) is 0.381. The maximum Gasteiger partial charge on any atom is 0.239 e. The molecular weight excluding hydrogens is 416 g/mol. The number of carbonyl (C=O) groups excluding carboxylic acids is 1. The average molecular weight is 441 g/mol. The Labute approximate surface area is 183 Å². The fourth-order valence-corrected chi connectivity index (χ4v) is 5.22. The molecule has 3 aromatic heterocycles. The Morgan fingerprint density at radius 1 is 1.10 bits per heavy atom. The molecule has 0 saturated carbocycles. The lowest BCUT2D eigenvalue weighted by atomic mass is 10.0. The minimum Gasteiger partial charge on any atom is -0.300 e. The predicted molar refractivity (Wildman–Crippen MR) is 123 cm³/mol. The van der Waals surface area contributed by atoms with E-state index in [0.29, 0.717) is 11.6 Å². The summed E-state index contributed by atoms with van der Waals surface area (Å²) in [5, 5.41) is 22.8. The molecule has 4 aromatic rings. The largest absolute Gasteiger partial charge is 0.300 e. The number of aromatic nitrogens is 5. The normalized spacial score (nSPS) is 12.6. The van der Waals surface area contributed by atoms with Crippen LogP contribution in [0.25, 0.3) is 16.6 Å². The van der Waals surface area contributed by atoms with Crippen LogP contribution in [0.5, 0.6) is 0 Å². The Balaban J connectivity index is 1.70. The number of anilines is 1. The van der Waals surface area contributed by atoms with Crippen molar-refractivity contribution in [3.05, 3.63) is 39.9 Å². The number of rotatable bonds is 6. The highest BCUT2D eigenvalue weighted by molar-refractivity contribution is 8.00. The zero-order chi connectivity index (χ0) is 21.4. The number of benzene rings is 1. The van der Waals surface area contributed by atoms with Crippen molar-refractivity contribution in [3.8, 4) is 0 Å². The number of fused-ring (bicyclic) bond motifs is 3. The van der Waals surface area contributed by atoms with Crippen molar-refractivity contribution < 1.29 is 4.79 Å². The minimum atomic E-state index is -0.312. The zero-order valence-corrected chi connectivity index (χ0v) is 19.3. The molecule has 0 fully saturated rings. The lowest BCUT2D eigenvalue weighted by Gasteiger charge is -2.14. The Kier molecular flexibility index (Phi) is 5.75. The van der Waals surface area contributed by atoms with Crippen LogP contribution in [0.1, 0.15) is 42.0 Å². The number of carbonyl (C=O) groups is 1. The zero-order valence-electron chi connectivity index (χ0n) is 17.7. The molecule has 3 heterocycles. The maximum absolute atomic E-state index is 12.9. The molecule has 0 spiro atoms. The quantitative estimate of drug-likeness (QED) is 0.436. The van der Waals surface area contributed by atoms with E-state index in [-0.39, 0.29) is 11.2 Å². The van der Waals surface area contributed by atoms with Crippen LogP contribution in [-0.2, 0) is 11.2 Å². The van der Waals surface area contributed by atoms with E-state index in [2.05, 4.69) is 63.0 Å². The second-order valence-corrected chi connectivity index (χ2v) is 9.57. The van der Waals surface area contributed by atoms with Gasteiger partial charge in [0.1, 0.15) is 5.01 Å². The highest BCUT2D eigenvalue weighted by atomic mass is 32.2. The lowest BCUT2D eigenvalue weighted by molar-refractivity contribution is -0.115. The summed E-state index contributed by atoms with van der Waals surface area (Å²) in [6, 6.07) is 6.41. The predicted octanol–water partition coefficient (Wildman–Crippen LogP) is 4.73. The molecule has 4 rings (SSSR count). The number of hydrogen-bond acceptors (Lipinski definition) is 7. The van der Waals surface area contributed by atoms with Crippen LogP contribution in [-0.4, -0.2) is 36.0 Å². The van der Waals surface area contributed by atoms with Crippen LogP contribution in [0.2, 0.25) is 0 Å². The maximum atomic E-state index is 12.9. The summed E-state index contributed by atoms with van der Waals surface area (Å²) in [5.74, 6) is -0.0953. The van der Waals surface area contributed by atoms with Crippen LogP contribution in [0.4, 0.5) is 5.13 Å². The monoisotopic (exact) mass is 440 g/mol.